The van der Waals surface area contributed by atoms with Crippen LogP contribution in [0, 0.1) is 45.3 Å². The third-order valence-electron chi connectivity index (χ3n) is 12.8. The quantitative estimate of drug-likeness (QED) is 0.305. The van der Waals surface area contributed by atoms with Gasteiger partial charge in [-0.2, -0.15) is 0 Å². The number of rotatable bonds is 4. The molecule has 0 spiro atoms. The first-order chi connectivity index (χ1) is 17.9. The van der Waals surface area contributed by atoms with Crippen LogP contribution in [0.3, 0.4) is 0 Å². The molecule has 0 aromatic heterocycles. The van der Waals surface area contributed by atoms with Crippen LogP contribution < -0.4 is 0 Å². The fourth-order valence-electron chi connectivity index (χ4n) is 10.7. The van der Waals surface area contributed by atoms with Crippen LogP contribution in [0.15, 0.2) is 11.6 Å². The lowest BCUT2D eigenvalue weighted by Crippen LogP contribution is -2.66. The molecular formula is C32H52O7. The first-order valence-electron chi connectivity index (χ1n) is 15.2. The van der Waals surface area contributed by atoms with E-state index in [1.807, 2.05) is 0 Å². The molecule has 0 radical (unpaired) electrons. The van der Waals surface area contributed by atoms with E-state index >= 15 is 0 Å². The molecule has 0 aromatic rings. The van der Waals surface area contributed by atoms with Gasteiger partial charge in [0, 0.05) is 18.3 Å². The predicted octanol–water partition coefficient (Wildman–Crippen LogP) is 4.35. The molecule has 0 amide bonds. The maximum absolute atomic E-state index is 12.5. The molecule has 0 aromatic carbocycles. The zero-order valence-electron chi connectivity index (χ0n) is 25.2. The summed E-state index contributed by atoms with van der Waals surface area (Å²) < 4.78 is 12.1. The Morgan fingerprint density at radius 2 is 1.74 bits per heavy atom. The number of carbonyl (C=O) groups excluding carboxylic acids is 1. The first kappa shape index (κ1) is 29.5. The zero-order chi connectivity index (χ0) is 28.9. The van der Waals surface area contributed by atoms with Gasteiger partial charge in [0.2, 0.25) is 0 Å². The highest BCUT2D eigenvalue weighted by molar-refractivity contribution is 5.66. The molecular weight excluding hydrogens is 496 g/mol. The van der Waals surface area contributed by atoms with Crippen molar-refractivity contribution in [2.24, 2.45) is 45.3 Å². The molecule has 1 aliphatic heterocycles. The van der Waals surface area contributed by atoms with Gasteiger partial charge in [-0.1, -0.05) is 46.3 Å². The van der Waals surface area contributed by atoms with Gasteiger partial charge in [0.15, 0.2) is 6.29 Å². The number of allylic oxidation sites excluding steroid dienone is 1. The van der Waals surface area contributed by atoms with E-state index in [9.17, 15) is 25.2 Å². The number of carbonyl (C=O) groups is 1. The van der Waals surface area contributed by atoms with Crippen LogP contribution in [0.25, 0.3) is 0 Å². The maximum Gasteiger partial charge on any atom is 0.302 e. The number of aliphatic hydroxyl groups excluding tert-OH is 3. The van der Waals surface area contributed by atoms with Gasteiger partial charge in [0.05, 0.1) is 17.8 Å². The summed E-state index contributed by atoms with van der Waals surface area (Å²) in [4.78, 5) is 12.5. The Hall–Kier alpha value is -0.990. The minimum Gasteiger partial charge on any atom is -0.462 e. The normalized spacial score (nSPS) is 49.9. The van der Waals surface area contributed by atoms with Crippen molar-refractivity contribution in [3.05, 3.63) is 11.6 Å². The molecule has 7 nitrogen and oxygen atoms in total. The number of hydrogen-bond donors (Lipinski definition) is 4. The van der Waals surface area contributed by atoms with Gasteiger partial charge >= 0.3 is 5.97 Å². The molecule has 4 unspecified atom stereocenters. The second-order valence-corrected chi connectivity index (χ2v) is 15.6. The fraction of sp³-hybridized carbons (Fsp3) is 0.906. The Bertz CT molecular complexity index is 1010. The SMILES string of the molecule is CC(=O)O[C@@H]1CC2C(C)(C)[C@H](O)CC[C@]2(C)C2CC[C@]3(C)C(=CC[C@H]3C3CC([C@H](O)C(C)(C)O)O[C@H]3O)[C@@]21C. The van der Waals surface area contributed by atoms with E-state index in [0.717, 1.165) is 38.5 Å². The van der Waals surface area contributed by atoms with Crippen molar-refractivity contribution in [1.82, 2.24) is 0 Å². The number of esters is 1. The molecule has 5 rings (SSSR count). The number of aliphatic hydroxyl groups is 4. The summed E-state index contributed by atoms with van der Waals surface area (Å²) >= 11 is 0. The van der Waals surface area contributed by atoms with Crippen molar-refractivity contribution in [2.45, 2.75) is 137 Å². The van der Waals surface area contributed by atoms with Crippen LogP contribution >= 0.6 is 0 Å². The number of hydrogen-bond acceptors (Lipinski definition) is 7. The molecule has 222 valence electrons. The molecule has 3 saturated carbocycles. The largest absolute Gasteiger partial charge is 0.462 e. The van der Waals surface area contributed by atoms with E-state index in [-0.39, 0.29) is 57.6 Å². The van der Waals surface area contributed by atoms with E-state index in [4.69, 9.17) is 9.47 Å². The van der Waals surface area contributed by atoms with Crippen LogP contribution in [-0.2, 0) is 14.3 Å². The molecule has 1 heterocycles. The summed E-state index contributed by atoms with van der Waals surface area (Å²) in [5, 5.41) is 43.2. The van der Waals surface area contributed by atoms with Crippen molar-refractivity contribution in [1.29, 1.82) is 0 Å². The Kier molecular flexibility index (Phi) is 7.00. The highest BCUT2D eigenvalue weighted by Gasteiger charge is 2.69. The summed E-state index contributed by atoms with van der Waals surface area (Å²) in [6.45, 7) is 16.1. The molecule has 0 bridgehead atoms. The van der Waals surface area contributed by atoms with Crippen molar-refractivity contribution >= 4 is 5.97 Å². The summed E-state index contributed by atoms with van der Waals surface area (Å²) in [5.74, 6) is 0.268. The van der Waals surface area contributed by atoms with Gasteiger partial charge in [-0.3, -0.25) is 4.79 Å². The fourth-order valence-corrected chi connectivity index (χ4v) is 10.7. The first-order valence-corrected chi connectivity index (χ1v) is 15.2. The van der Waals surface area contributed by atoms with Crippen LogP contribution in [0.4, 0.5) is 0 Å². The molecule has 5 aliphatic rings. The molecule has 1 saturated heterocycles. The average Bonchev–Trinajstić information content (AvgIpc) is 3.36. The Morgan fingerprint density at radius 1 is 1.08 bits per heavy atom. The van der Waals surface area contributed by atoms with Crippen LogP contribution in [-0.4, -0.2) is 62.7 Å². The van der Waals surface area contributed by atoms with Crippen molar-refractivity contribution in [2.75, 3.05) is 0 Å². The minimum absolute atomic E-state index is 0.0201. The van der Waals surface area contributed by atoms with Crippen LogP contribution in [0.2, 0.25) is 0 Å². The Labute approximate surface area is 234 Å². The van der Waals surface area contributed by atoms with Gasteiger partial charge < -0.3 is 29.9 Å². The average molecular weight is 549 g/mol. The molecule has 12 atom stereocenters. The highest BCUT2D eigenvalue weighted by Crippen LogP contribution is 2.74. The number of fused-ring (bicyclic) bond motifs is 5. The topological polar surface area (TPSA) is 116 Å². The molecule has 7 heteroatoms. The van der Waals surface area contributed by atoms with Gasteiger partial charge in [-0.25, -0.2) is 0 Å². The van der Waals surface area contributed by atoms with Gasteiger partial charge in [0.1, 0.15) is 12.2 Å². The predicted molar refractivity (Wildman–Crippen MR) is 147 cm³/mol. The lowest BCUT2D eigenvalue weighted by molar-refractivity contribution is -0.223. The second-order valence-electron chi connectivity index (χ2n) is 15.6. The summed E-state index contributed by atoms with van der Waals surface area (Å²) in [6.07, 6.45) is 4.80. The summed E-state index contributed by atoms with van der Waals surface area (Å²) in [5.41, 5.74) is -0.744. The number of ether oxygens (including phenoxy) is 2. The monoisotopic (exact) mass is 548 g/mol. The van der Waals surface area contributed by atoms with E-state index in [1.54, 1.807) is 13.8 Å². The second kappa shape index (κ2) is 9.26. The van der Waals surface area contributed by atoms with Crippen molar-refractivity contribution in [3.8, 4) is 0 Å². The lowest BCUT2D eigenvalue weighted by Gasteiger charge is -2.68. The van der Waals surface area contributed by atoms with Gasteiger partial charge in [-0.15, -0.1) is 0 Å². The van der Waals surface area contributed by atoms with E-state index in [0.29, 0.717) is 12.3 Å². The zero-order valence-corrected chi connectivity index (χ0v) is 25.2. The lowest BCUT2D eigenvalue weighted by atomic mass is 9.37. The molecule has 39 heavy (non-hydrogen) atoms. The molecule has 4 N–H and O–H groups in total. The minimum atomic E-state index is -1.32. The van der Waals surface area contributed by atoms with E-state index < -0.39 is 24.1 Å². The Balaban J connectivity index is 1.50. The highest BCUT2D eigenvalue weighted by atomic mass is 16.6. The standard InChI is InChI=1S/C32H52O7/c1-17(33)38-25-16-23-28(2,3)24(34)12-14-31(23,7)22-11-13-30(6)19(9-10-21(30)32(22,25)8)18-15-20(39-27(18)36)26(35)29(4,5)37/h10,18-20,22-27,34-37H,9,11-16H2,1-8H3/t18?,19-,20?,22?,23?,24+,25+,26-,27+,30-,31+,32-/m0/s1. The van der Waals surface area contributed by atoms with Crippen LogP contribution in [0.5, 0.6) is 0 Å². The van der Waals surface area contributed by atoms with Crippen molar-refractivity contribution in [3.63, 3.8) is 0 Å². The third kappa shape index (κ3) is 4.19. The van der Waals surface area contributed by atoms with Crippen LogP contribution in [0.1, 0.15) is 100 Å². The smallest absolute Gasteiger partial charge is 0.302 e. The molecule has 4 aliphatic carbocycles. The molecule has 4 fully saturated rings. The van der Waals surface area contributed by atoms with Gasteiger partial charge in [-0.05, 0) is 92.8 Å². The van der Waals surface area contributed by atoms with Crippen molar-refractivity contribution < 1.29 is 34.7 Å². The van der Waals surface area contributed by atoms with E-state index in [2.05, 4.69) is 40.7 Å². The summed E-state index contributed by atoms with van der Waals surface area (Å²) in [7, 11) is 0. The Morgan fingerprint density at radius 3 is 2.36 bits per heavy atom. The van der Waals surface area contributed by atoms with E-state index in [1.165, 1.54) is 12.5 Å². The third-order valence-corrected chi connectivity index (χ3v) is 12.8. The maximum atomic E-state index is 12.5. The summed E-state index contributed by atoms with van der Waals surface area (Å²) in [6, 6.07) is 0. The van der Waals surface area contributed by atoms with Gasteiger partial charge in [0.25, 0.3) is 0 Å².